The van der Waals surface area contributed by atoms with E-state index < -0.39 is 0 Å². The van der Waals surface area contributed by atoms with Crippen molar-refractivity contribution in [3.63, 3.8) is 0 Å². The van der Waals surface area contributed by atoms with Crippen molar-refractivity contribution in [2.24, 2.45) is 11.8 Å². The van der Waals surface area contributed by atoms with Crippen LogP contribution in [0.1, 0.15) is 79.1 Å². The highest BCUT2D eigenvalue weighted by Crippen LogP contribution is 2.35. The number of methoxy groups -OCH3 is 1. The first-order valence-electron chi connectivity index (χ1n) is 16.7. The van der Waals surface area contributed by atoms with Gasteiger partial charge in [0.25, 0.3) is 0 Å². The highest BCUT2D eigenvalue weighted by Gasteiger charge is 2.18. The highest BCUT2D eigenvalue weighted by atomic mass is 16.5. The molecule has 0 aliphatic heterocycles. The van der Waals surface area contributed by atoms with E-state index in [-0.39, 0.29) is 11.5 Å². The Balaban J connectivity index is 1.69. The van der Waals surface area contributed by atoms with Crippen LogP contribution in [0.25, 0.3) is 34.2 Å². The first kappa shape index (κ1) is 34.5. The number of ether oxygens (including phenoxy) is 3. The molecular formula is C38H49N3O5. The molecule has 4 aromatic rings. The standard InChI is InChI=1S/C38H49N3O5/c1-6-10-12-26(8-3)24-45-32-18-19-34(35(43)23-32)38-40-36(28-14-16-31(44-5)17-15-28)39-37(41-38)29-20-30(42)22-33(21-29)46-25-27(9-4)13-11-7-2/h14-23,26-27,42-43H,6-13,24-25H2,1-5H3. The molecular weight excluding hydrogens is 578 g/mol. The molecule has 2 N–H and O–H groups in total. The average Bonchev–Trinajstić information content (AvgIpc) is 3.08. The predicted molar refractivity (Wildman–Crippen MR) is 184 cm³/mol. The fraction of sp³-hybridized carbons (Fsp3) is 0.447. The van der Waals surface area contributed by atoms with Crippen molar-refractivity contribution in [3.05, 3.63) is 60.7 Å². The van der Waals surface area contributed by atoms with Crippen molar-refractivity contribution in [1.82, 2.24) is 15.0 Å². The maximum absolute atomic E-state index is 11.1. The van der Waals surface area contributed by atoms with Gasteiger partial charge < -0.3 is 24.4 Å². The molecule has 0 aliphatic rings. The van der Waals surface area contributed by atoms with Crippen molar-refractivity contribution >= 4 is 0 Å². The van der Waals surface area contributed by atoms with E-state index in [1.165, 1.54) is 6.42 Å². The Morgan fingerprint density at radius 2 is 1.17 bits per heavy atom. The Labute approximate surface area is 273 Å². The second-order valence-corrected chi connectivity index (χ2v) is 11.9. The van der Waals surface area contributed by atoms with Crippen molar-refractivity contribution in [2.45, 2.75) is 79.1 Å². The molecule has 246 valence electrons. The summed E-state index contributed by atoms with van der Waals surface area (Å²) in [6, 6.07) is 17.7. The summed E-state index contributed by atoms with van der Waals surface area (Å²) in [6.07, 6.45) is 8.94. The van der Waals surface area contributed by atoms with E-state index in [0.717, 1.165) is 50.5 Å². The molecule has 0 fully saturated rings. The number of hydrogen-bond donors (Lipinski definition) is 2. The smallest absolute Gasteiger partial charge is 0.167 e. The third kappa shape index (κ3) is 9.59. The van der Waals surface area contributed by atoms with Crippen LogP contribution in [0.15, 0.2) is 60.7 Å². The Bertz CT molecular complexity index is 1530. The van der Waals surface area contributed by atoms with E-state index in [4.69, 9.17) is 29.2 Å². The van der Waals surface area contributed by atoms with Crippen LogP contribution in [-0.2, 0) is 0 Å². The van der Waals surface area contributed by atoms with Gasteiger partial charge in [0, 0.05) is 23.3 Å². The Morgan fingerprint density at radius 1 is 0.609 bits per heavy atom. The third-order valence-corrected chi connectivity index (χ3v) is 8.40. The van der Waals surface area contributed by atoms with Crippen LogP contribution in [0.3, 0.4) is 0 Å². The van der Waals surface area contributed by atoms with Crippen LogP contribution < -0.4 is 14.2 Å². The maximum atomic E-state index is 11.1. The molecule has 2 atom stereocenters. The van der Waals surface area contributed by atoms with Crippen molar-refractivity contribution < 1.29 is 24.4 Å². The summed E-state index contributed by atoms with van der Waals surface area (Å²) < 4.78 is 17.6. The maximum Gasteiger partial charge on any atom is 0.167 e. The molecule has 8 heteroatoms. The topological polar surface area (TPSA) is 107 Å². The van der Waals surface area contributed by atoms with Gasteiger partial charge in [0.2, 0.25) is 0 Å². The number of aromatic nitrogens is 3. The van der Waals surface area contributed by atoms with E-state index in [2.05, 4.69) is 27.7 Å². The van der Waals surface area contributed by atoms with Crippen molar-refractivity contribution in [1.29, 1.82) is 0 Å². The van der Waals surface area contributed by atoms with E-state index in [1.54, 1.807) is 31.4 Å². The number of nitrogens with zero attached hydrogens (tertiary/aromatic N) is 3. The van der Waals surface area contributed by atoms with Gasteiger partial charge in [-0.2, -0.15) is 0 Å². The largest absolute Gasteiger partial charge is 0.508 e. The SMILES string of the molecule is CCCCC(CC)COc1cc(O)cc(-c2nc(-c3ccc(OC)cc3)nc(-c3ccc(OCC(CC)CCCC)cc3O)n2)c1. The van der Waals surface area contributed by atoms with Gasteiger partial charge in [0.05, 0.1) is 25.9 Å². The molecule has 46 heavy (non-hydrogen) atoms. The van der Waals surface area contributed by atoms with E-state index >= 15 is 0 Å². The molecule has 3 aromatic carbocycles. The lowest BCUT2D eigenvalue weighted by Gasteiger charge is -2.17. The molecule has 0 bridgehead atoms. The molecule has 0 amide bonds. The highest BCUT2D eigenvalue weighted by molar-refractivity contribution is 5.71. The summed E-state index contributed by atoms with van der Waals surface area (Å²) in [5.74, 6) is 3.89. The van der Waals surface area contributed by atoms with Crippen molar-refractivity contribution in [3.8, 4) is 62.9 Å². The van der Waals surface area contributed by atoms with Crippen LogP contribution in [0.5, 0.6) is 28.7 Å². The normalized spacial score (nSPS) is 12.5. The Kier molecular flexibility index (Phi) is 13.1. The zero-order chi connectivity index (χ0) is 32.9. The van der Waals surface area contributed by atoms with Gasteiger partial charge in [-0.1, -0.05) is 66.2 Å². The van der Waals surface area contributed by atoms with E-state index in [0.29, 0.717) is 70.9 Å². The molecule has 2 unspecified atom stereocenters. The number of phenolic OH excluding ortho intramolecular Hbond substituents is 2. The molecule has 8 nitrogen and oxygen atoms in total. The quantitative estimate of drug-likeness (QED) is 0.112. The first-order valence-corrected chi connectivity index (χ1v) is 16.7. The van der Waals surface area contributed by atoms with Gasteiger partial charge in [-0.05, 0) is 73.2 Å². The lowest BCUT2D eigenvalue weighted by Crippen LogP contribution is -2.11. The summed E-state index contributed by atoms with van der Waals surface area (Å²) in [7, 11) is 1.62. The minimum atomic E-state index is 0.00885. The Morgan fingerprint density at radius 3 is 1.74 bits per heavy atom. The van der Waals surface area contributed by atoms with Gasteiger partial charge >= 0.3 is 0 Å². The summed E-state index contributed by atoms with van der Waals surface area (Å²) in [6.45, 7) is 9.91. The van der Waals surface area contributed by atoms with Crippen LogP contribution in [0.2, 0.25) is 0 Å². The molecule has 0 radical (unpaired) electrons. The zero-order valence-corrected chi connectivity index (χ0v) is 28.0. The van der Waals surface area contributed by atoms with Gasteiger partial charge in [0.15, 0.2) is 17.5 Å². The third-order valence-electron chi connectivity index (χ3n) is 8.40. The molecule has 1 aromatic heterocycles. The summed E-state index contributed by atoms with van der Waals surface area (Å²) in [4.78, 5) is 14.3. The monoisotopic (exact) mass is 627 g/mol. The summed E-state index contributed by atoms with van der Waals surface area (Å²) >= 11 is 0. The molecule has 0 saturated carbocycles. The number of aromatic hydroxyl groups is 2. The predicted octanol–water partition coefficient (Wildman–Crippen LogP) is 9.48. The first-order chi connectivity index (χ1) is 22.4. The van der Waals surface area contributed by atoms with Gasteiger partial charge in [-0.3, -0.25) is 0 Å². The van der Waals surface area contributed by atoms with Crippen LogP contribution in [-0.4, -0.2) is 45.5 Å². The molecule has 1 heterocycles. The molecule has 0 saturated heterocycles. The summed E-state index contributed by atoms with van der Waals surface area (Å²) in [5, 5.41) is 21.8. The average molecular weight is 628 g/mol. The van der Waals surface area contributed by atoms with Crippen LogP contribution >= 0.6 is 0 Å². The molecule has 0 spiro atoms. The van der Waals surface area contributed by atoms with E-state index in [1.807, 2.05) is 36.4 Å². The number of phenols is 2. The number of unbranched alkanes of at least 4 members (excludes halogenated alkanes) is 2. The van der Waals surface area contributed by atoms with Gasteiger partial charge in [-0.25, -0.2) is 15.0 Å². The van der Waals surface area contributed by atoms with Gasteiger partial charge in [-0.15, -0.1) is 0 Å². The molecule has 4 rings (SSSR count). The second-order valence-electron chi connectivity index (χ2n) is 11.9. The number of hydrogen-bond acceptors (Lipinski definition) is 8. The fourth-order valence-corrected chi connectivity index (χ4v) is 5.31. The lowest BCUT2D eigenvalue weighted by atomic mass is 10.0. The Hall–Kier alpha value is -4.33. The second kappa shape index (κ2) is 17.4. The minimum Gasteiger partial charge on any atom is -0.508 e. The number of benzene rings is 3. The van der Waals surface area contributed by atoms with Crippen molar-refractivity contribution in [2.75, 3.05) is 20.3 Å². The number of rotatable bonds is 18. The molecule has 0 aliphatic carbocycles. The summed E-state index contributed by atoms with van der Waals surface area (Å²) in [5.41, 5.74) is 1.77. The van der Waals surface area contributed by atoms with Crippen LogP contribution in [0, 0.1) is 11.8 Å². The fourth-order valence-electron chi connectivity index (χ4n) is 5.31. The zero-order valence-electron chi connectivity index (χ0n) is 28.0. The van der Waals surface area contributed by atoms with E-state index in [9.17, 15) is 10.2 Å². The van der Waals surface area contributed by atoms with Crippen LogP contribution in [0.4, 0.5) is 0 Å². The minimum absolute atomic E-state index is 0.00885. The lowest BCUT2D eigenvalue weighted by molar-refractivity contribution is 0.232. The van der Waals surface area contributed by atoms with Gasteiger partial charge in [0.1, 0.15) is 28.7 Å².